The van der Waals surface area contributed by atoms with Crippen LogP contribution in [-0.4, -0.2) is 24.3 Å². The SMILES string of the molecule is CC1(C)CCC(NCCc2ccc(NC(=O)OC(C)(C)C)cc2)CC1. The molecule has 1 aromatic rings. The van der Waals surface area contributed by atoms with Crippen LogP contribution in [0.3, 0.4) is 0 Å². The van der Waals surface area contributed by atoms with E-state index in [9.17, 15) is 4.79 Å². The summed E-state index contributed by atoms with van der Waals surface area (Å²) >= 11 is 0. The number of amides is 1. The van der Waals surface area contributed by atoms with Gasteiger partial charge in [-0.15, -0.1) is 0 Å². The molecule has 140 valence electrons. The predicted octanol–water partition coefficient (Wildman–Crippen LogP) is 5.13. The Labute approximate surface area is 152 Å². The molecule has 1 aliphatic rings. The quantitative estimate of drug-likeness (QED) is 0.776. The van der Waals surface area contributed by atoms with Crippen LogP contribution in [0.25, 0.3) is 0 Å². The number of hydrogen-bond donors (Lipinski definition) is 2. The molecule has 4 heteroatoms. The van der Waals surface area contributed by atoms with E-state index in [0.717, 1.165) is 18.7 Å². The third-order valence-corrected chi connectivity index (χ3v) is 4.79. The molecule has 0 bridgehead atoms. The molecule has 0 aromatic heterocycles. The maximum absolute atomic E-state index is 11.8. The average molecular weight is 347 g/mol. The second-order valence-electron chi connectivity index (χ2n) is 8.97. The molecule has 1 aromatic carbocycles. The smallest absolute Gasteiger partial charge is 0.412 e. The number of carbonyl (C=O) groups excluding carboxylic acids is 1. The lowest BCUT2D eigenvalue weighted by Gasteiger charge is -2.34. The largest absolute Gasteiger partial charge is 0.444 e. The summed E-state index contributed by atoms with van der Waals surface area (Å²) in [5, 5.41) is 6.46. The second kappa shape index (κ2) is 8.22. The van der Waals surface area contributed by atoms with Crippen LogP contribution in [-0.2, 0) is 11.2 Å². The van der Waals surface area contributed by atoms with E-state index in [-0.39, 0.29) is 0 Å². The maximum Gasteiger partial charge on any atom is 0.412 e. The summed E-state index contributed by atoms with van der Waals surface area (Å²) in [5.41, 5.74) is 2.08. The van der Waals surface area contributed by atoms with Crippen LogP contribution in [0.4, 0.5) is 10.5 Å². The fraction of sp³-hybridized carbons (Fsp3) is 0.667. The third-order valence-electron chi connectivity index (χ3n) is 4.79. The summed E-state index contributed by atoms with van der Waals surface area (Å²) in [4.78, 5) is 11.8. The van der Waals surface area contributed by atoms with Crippen LogP contribution in [0.1, 0.15) is 65.9 Å². The molecule has 0 heterocycles. The molecular weight excluding hydrogens is 312 g/mol. The molecule has 1 aliphatic carbocycles. The number of nitrogens with one attached hydrogen (secondary N) is 2. The van der Waals surface area contributed by atoms with Gasteiger partial charge < -0.3 is 10.1 Å². The van der Waals surface area contributed by atoms with E-state index >= 15 is 0 Å². The van der Waals surface area contributed by atoms with E-state index in [1.807, 2.05) is 32.9 Å². The van der Waals surface area contributed by atoms with Gasteiger partial charge in [0.2, 0.25) is 0 Å². The van der Waals surface area contributed by atoms with Gasteiger partial charge >= 0.3 is 6.09 Å². The van der Waals surface area contributed by atoms with Crippen molar-refractivity contribution in [2.45, 2.75) is 78.4 Å². The van der Waals surface area contributed by atoms with E-state index in [0.29, 0.717) is 11.5 Å². The Kier molecular flexibility index (Phi) is 6.50. The second-order valence-corrected chi connectivity index (χ2v) is 8.97. The first-order valence-corrected chi connectivity index (χ1v) is 9.45. The van der Waals surface area contributed by atoms with E-state index < -0.39 is 11.7 Å². The summed E-state index contributed by atoms with van der Waals surface area (Å²) in [6.45, 7) is 11.3. The van der Waals surface area contributed by atoms with Crippen molar-refractivity contribution in [1.29, 1.82) is 0 Å². The van der Waals surface area contributed by atoms with Gasteiger partial charge in [0.15, 0.2) is 0 Å². The first-order valence-electron chi connectivity index (χ1n) is 9.45. The minimum atomic E-state index is -0.482. The molecule has 0 unspecified atom stereocenters. The van der Waals surface area contributed by atoms with Crippen LogP contribution in [0, 0.1) is 5.41 Å². The highest BCUT2D eigenvalue weighted by Gasteiger charge is 2.26. The molecule has 2 N–H and O–H groups in total. The Bertz CT molecular complexity index is 548. The zero-order chi connectivity index (χ0) is 18.5. The van der Waals surface area contributed by atoms with Crippen molar-refractivity contribution in [3.05, 3.63) is 29.8 Å². The van der Waals surface area contributed by atoms with Gasteiger partial charge in [-0.1, -0.05) is 26.0 Å². The summed E-state index contributed by atoms with van der Waals surface area (Å²) < 4.78 is 5.26. The summed E-state index contributed by atoms with van der Waals surface area (Å²) in [6.07, 6.45) is 5.79. The van der Waals surface area contributed by atoms with Crippen molar-refractivity contribution in [3.63, 3.8) is 0 Å². The van der Waals surface area contributed by atoms with E-state index in [2.05, 4.69) is 36.6 Å². The molecule has 1 fully saturated rings. The highest BCUT2D eigenvalue weighted by molar-refractivity contribution is 5.84. The minimum absolute atomic E-state index is 0.415. The highest BCUT2D eigenvalue weighted by Crippen LogP contribution is 2.34. The number of hydrogen-bond acceptors (Lipinski definition) is 3. The van der Waals surface area contributed by atoms with Crippen molar-refractivity contribution in [3.8, 4) is 0 Å². The normalized spacial score (nSPS) is 18.0. The molecule has 2 rings (SSSR count). The maximum atomic E-state index is 11.8. The molecular formula is C21H34N2O2. The number of ether oxygens (including phenoxy) is 1. The fourth-order valence-corrected chi connectivity index (χ4v) is 3.20. The van der Waals surface area contributed by atoms with E-state index in [1.54, 1.807) is 0 Å². The van der Waals surface area contributed by atoms with Gasteiger partial charge in [0, 0.05) is 11.7 Å². The van der Waals surface area contributed by atoms with Crippen molar-refractivity contribution in [1.82, 2.24) is 5.32 Å². The first kappa shape index (κ1) is 19.8. The Morgan fingerprint density at radius 2 is 1.76 bits per heavy atom. The Morgan fingerprint density at radius 1 is 1.16 bits per heavy atom. The standard InChI is InChI=1S/C21H34N2O2/c1-20(2,3)25-19(24)23-18-8-6-16(7-9-18)12-15-22-17-10-13-21(4,5)14-11-17/h6-9,17,22H,10-15H2,1-5H3,(H,23,24). The van der Waals surface area contributed by atoms with Gasteiger partial charge in [0.05, 0.1) is 0 Å². The van der Waals surface area contributed by atoms with Crippen LogP contribution in [0.5, 0.6) is 0 Å². The van der Waals surface area contributed by atoms with Gasteiger partial charge in [-0.2, -0.15) is 0 Å². The Hall–Kier alpha value is -1.55. The monoisotopic (exact) mass is 346 g/mol. The third kappa shape index (κ3) is 7.47. The van der Waals surface area contributed by atoms with E-state index in [1.165, 1.54) is 31.2 Å². The van der Waals surface area contributed by atoms with Crippen molar-refractivity contribution < 1.29 is 9.53 Å². The number of rotatable bonds is 5. The van der Waals surface area contributed by atoms with Gasteiger partial charge in [0.1, 0.15) is 5.60 Å². The molecule has 1 amide bonds. The molecule has 4 nitrogen and oxygen atoms in total. The molecule has 25 heavy (non-hydrogen) atoms. The lowest BCUT2D eigenvalue weighted by Crippen LogP contribution is -2.36. The van der Waals surface area contributed by atoms with Crippen molar-refractivity contribution in [2.24, 2.45) is 5.41 Å². The zero-order valence-electron chi connectivity index (χ0n) is 16.4. The molecule has 0 radical (unpaired) electrons. The lowest BCUT2D eigenvalue weighted by molar-refractivity contribution is 0.0636. The first-order chi connectivity index (χ1) is 11.6. The Morgan fingerprint density at radius 3 is 2.32 bits per heavy atom. The van der Waals surface area contributed by atoms with Gasteiger partial charge in [-0.3, -0.25) is 5.32 Å². The predicted molar refractivity (Wildman–Crippen MR) is 104 cm³/mol. The van der Waals surface area contributed by atoms with Crippen LogP contribution in [0.2, 0.25) is 0 Å². The topological polar surface area (TPSA) is 50.4 Å². The average Bonchev–Trinajstić information content (AvgIpc) is 2.49. The summed E-state index contributed by atoms with van der Waals surface area (Å²) in [5.74, 6) is 0. The molecule has 0 aliphatic heterocycles. The number of carbonyl (C=O) groups is 1. The Balaban J connectivity index is 1.71. The summed E-state index contributed by atoms with van der Waals surface area (Å²) in [6, 6.07) is 8.67. The van der Waals surface area contributed by atoms with Gasteiger partial charge in [0.25, 0.3) is 0 Å². The van der Waals surface area contributed by atoms with E-state index in [4.69, 9.17) is 4.74 Å². The van der Waals surface area contributed by atoms with Crippen LogP contribution in [0.15, 0.2) is 24.3 Å². The minimum Gasteiger partial charge on any atom is -0.444 e. The number of anilines is 1. The fourth-order valence-electron chi connectivity index (χ4n) is 3.20. The van der Waals surface area contributed by atoms with Crippen LogP contribution >= 0.6 is 0 Å². The van der Waals surface area contributed by atoms with Crippen LogP contribution < -0.4 is 10.6 Å². The van der Waals surface area contributed by atoms with Gasteiger partial charge in [-0.25, -0.2) is 4.79 Å². The summed E-state index contributed by atoms with van der Waals surface area (Å²) in [7, 11) is 0. The highest BCUT2D eigenvalue weighted by atomic mass is 16.6. The lowest BCUT2D eigenvalue weighted by atomic mass is 9.75. The van der Waals surface area contributed by atoms with Crippen molar-refractivity contribution >= 4 is 11.8 Å². The molecule has 1 saturated carbocycles. The zero-order valence-corrected chi connectivity index (χ0v) is 16.4. The molecule has 0 atom stereocenters. The molecule has 0 saturated heterocycles. The van der Waals surface area contributed by atoms with Gasteiger partial charge in [-0.05, 0) is 82.5 Å². The number of benzene rings is 1. The molecule has 0 spiro atoms. The van der Waals surface area contributed by atoms with Crippen molar-refractivity contribution in [2.75, 3.05) is 11.9 Å².